The molecule has 0 aliphatic carbocycles. The fourth-order valence-corrected chi connectivity index (χ4v) is 2.38. The summed E-state index contributed by atoms with van der Waals surface area (Å²) in [7, 11) is 0. The number of nitrogens with zero attached hydrogens (tertiary/aromatic N) is 1. The molecule has 0 radical (unpaired) electrons. The second-order valence-electron chi connectivity index (χ2n) is 4.87. The molecule has 0 amide bonds. The van der Waals surface area contributed by atoms with Gasteiger partial charge in [-0.2, -0.15) is 0 Å². The number of pyridine rings is 1. The van der Waals surface area contributed by atoms with Gasteiger partial charge in [0.05, 0.1) is 5.69 Å². The van der Waals surface area contributed by atoms with Crippen LogP contribution in [0.3, 0.4) is 0 Å². The van der Waals surface area contributed by atoms with E-state index in [-0.39, 0.29) is 11.6 Å². The van der Waals surface area contributed by atoms with Crippen LogP contribution in [0.25, 0.3) is 0 Å². The largest absolute Gasteiger partial charge is 0.377 e. The van der Waals surface area contributed by atoms with Gasteiger partial charge in [0.25, 0.3) is 5.56 Å². The second-order valence-corrected chi connectivity index (χ2v) is 5.78. The van der Waals surface area contributed by atoms with E-state index >= 15 is 0 Å². The number of rotatable bonds is 5. The molecular weight excluding hydrogens is 316 g/mol. The number of aryl methyl sites for hydroxylation is 1. The van der Waals surface area contributed by atoms with E-state index in [0.29, 0.717) is 0 Å². The van der Waals surface area contributed by atoms with Crippen LogP contribution in [0.5, 0.6) is 0 Å². The van der Waals surface area contributed by atoms with E-state index in [9.17, 15) is 4.79 Å². The van der Waals surface area contributed by atoms with Crippen LogP contribution in [0.2, 0.25) is 0 Å². The molecule has 1 atom stereocenters. The van der Waals surface area contributed by atoms with Gasteiger partial charge < -0.3 is 9.88 Å². The van der Waals surface area contributed by atoms with Crippen LogP contribution < -0.4 is 10.9 Å². The molecule has 1 aromatic carbocycles. The van der Waals surface area contributed by atoms with Gasteiger partial charge in [-0.3, -0.25) is 4.79 Å². The molecule has 0 aliphatic heterocycles. The molecule has 0 saturated heterocycles. The van der Waals surface area contributed by atoms with Gasteiger partial charge in [-0.25, -0.2) is 0 Å². The molecule has 1 aromatic heterocycles. The van der Waals surface area contributed by atoms with Crippen molar-refractivity contribution >= 4 is 21.6 Å². The summed E-state index contributed by atoms with van der Waals surface area (Å²) >= 11 is 3.44. The molecule has 3 nitrogen and oxygen atoms in total. The topological polar surface area (TPSA) is 34.0 Å². The van der Waals surface area contributed by atoms with Crippen molar-refractivity contribution in [1.82, 2.24) is 4.57 Å². The Morgan fingerprint density at radius 1 is 1.20 bits per heavy atom. The molecule has 106 valence electrons. The first-order valence-corrected chi connectivity index (χ1v) is 7.62. The summed E-state index contributed by atoms with van der Waals surface area (Å²) < 4.78 is 2.82. The Labute approximate surface area is 127 Å². The van der Waals surface area contributed by atoms with Gasteiger partial charge in [-0.15, -0.1) is 0 Å². The lowest BCUT2D eigenvalue weighted by Crippen LogP contribution is -2.19. The third-order valence-electron chi connectivity index (χ3n) is 3.20. The predicted octanol–water partition coefficient (Wildman–Crippen LogP) is 4.19. The molecule has 0 bridgehead atoms. The number of hydrogen-bond donors (Lipinski definition) is 1. The number of nitrogens with one attached hydrogen (secondary N) is 1. The van der Waals surface area contributed by atoms with Gasteiger partial charge in [0, 0.05) is 29.3 Å². The summed E-state index contributed by atoms with van der Waals surface area (Å²) in [5.41, 5.74) is 2.23. The van der Waals surface area contributed by atoms with Crippen LogP contribution in [0.1, 0.15) is 31.9 Å². The van der Waals surface area contributed by atoms with Gasteiger partial charge in [0.2, 0.25) is 0 Å². The van der Waals surface area contributed by atoms with E-state index in [2.05, 4.69) is 47.2 Å². The van der Waals surface area contributed by atoms with E-state index in [1.807, 2.05) is 24.4 Å². The van der Waals surface area contributed by atoms with Gasteiger partial charge in [0.1, 0.15) is 0 Å². The lowest BCUT2D eigenvalue weighted by molar-refractivity contribution is 0.654. The zero-order chi connectivity index (χ0) is 14.5. The fraction of sp³-hybridized carbons (Fsp3) is 0.312. The number of halogens is 1. The SMILES string of the molecule is CCCn1cc(NC(C)c2ccc(Br)cc2)ccc1=O. The zero-order valence-electron chi connectivity index (χ0n) is 11.8. The predicted molar refractivity (Wildman–Crippen MR) is 87.2 cm³/mol. The van der Waals surface area contributed by atoms with Crippen molar-refractivity contribution in [2.75, 3.05) is 5.32 Å². The average molecular weight is 335 g/mol. The number of anilines is 1. The highest BCUT2D eigenvalue weighted by Gasteiger charge is 2.06. The third kappa shape index (κ3) is 3.73. The normalized spacial score (nSPS) is 12.2. The van der Waals surface area contributed by atoms with Crippen LogP contribution >= 0.6 is 15.9 Å². The van der Waals surface area contributed by atoms with Crippen LogP contribution in [0.15, 0.2) is 51.9 Å². The number of benzene rings is 1. The van der Waals surface area contributed by atoms with Crippen molar-refractivity contribution in [1.29, 1.82) is 0 Å². The first-order valence-electron chi connectivity index (χ1n) is 6.82. The molecule has 0 aliphatic rings. The van der Waals surface area contributed by atoms with Crippen molar-refractivity contribution < 1.29 is 0 Å². The molecule has 0 spiro atoms. The van der Waals surface area contributed by atoms with Gasteiger partial charge in [-0.1, -0.05) is 35.0 Å². The quantitative estimate of drug-likeness (QED) is 0.889. The van der Waals surface area contributed by atoms with Gasteiger partial charge >= 0.3 is 0 Å². The maximum absolute atomic E-state index is 11.7. The van der Waals surface area contributed by atoms with Gasteiger partial charge in [-0.05, 0) is 37.1 Å². The van der Waals surface area contributed by atoms with E-state index in [4.69, 9.17) is 0 Å². The minimum absolute atomic E-state index is 0.0497. The fourth-order valence-electron chi connectivity index (χ4n) is 2.12. The molecule has 20 heavy (non-hydrogen) atoms. The summed E-state index contributed by atoms with van der Waals surface area (Å²) in [5.74, 6) is 0. The molecular formula is C16H19BrN2O. The molecule has 1 heterocycles. The van der Waals surface area contributed by atoms with Gasteiger partial charge in [0.15, 0.2) is 0 Å². The second kappa shape index (κ2) is 6.75. The zero-order valence-corrected chi connectivity index (χ0v) is 13.4. The van der Waals surface area contributed by atoms with E-state index in [1.54, 1.807) is 10.6 Å². The number of aromatic nitrogens is 1. The first kappa shape index (κ1) is 14.9. The Balaban J connectivity index is 2.15. The monoisotopic (exact) mass is 334 g/mol. The summed E-state index contributed by atoms with van der Waals surface area (Å²) in [5, 5.41) is 3.43. The van der Waals surface area contributed by atoms with Crippen LogP contribution in [-0.4, -0.2) is 4.57 Å². The Morgan fingerprint density at radius 3 is 2.55 bits per heavy atom. The van der Waals surface area contributed by atoms with E-state index in [0.717, 1.165) is 23.1 Å². The maximum atomic E-state index is 11.7. The highest BCUT2D eigenvalue weighted by molar-refractivity contribution is 9.10. The van der Waals surface area contributed by atoms with Crippen LogP contribution in [-0.2, 0) is 6.54 Å². The highest BCUT2D eigenvalue weighted by atomic mass is 79.9. The lowest BCUT2D eigenvalue weighted by Gasteiger charge is -2.17. The minimum Gasteiger partial charge on any atom is -0.377 e. The molecule has 0 fully saturated rings. The molecule has 0 saturated carbocycles. The maximum Gasteiger partial charge on any atom is 0.250 e. The Morgan fingerprint density at radius 2 is 1.90 bits per heavy atom. The van der Waals surface area contributed by atoms with E-state index in [1.165, 1.54) is 5.56 Å². The standard InChI is InChI=1S/C16H19BrN2O/c1-3-10-19-11-15(8-9-16(19)20)18-12(2)13-4-6-14(17)7-5-13/h4-9,11-12,18H,3,10H2,1-2H3. The van der Waals surface area contributed by atoms with Crippen molar-refractivity contribution in [3.05, 3.63) is 63.0 Å². The smallest absolute Gasteiger partial charge is 0.250 e. The van der Waals surface area contributed by atoms with Crippen LogP contribution in [0.4, 0.5) is 5.69 Å². The summed E-state index contributed by atoms with van der Waals surface area (Å²) in [6.45, 7) is 4.93. The Hall–Kier alpha value is -1.55. The molecule has 1 N–H and O–H groups in total. The molecule has 2 aromatic rings. The molecule has 2 rings (SSSR count). The number of hydrogen-bond acceptors (Lipinski definition) is 2. The lowest BCUT2D eigenvalue weighted by atomic mass is 10.1. The minimum atomic E-state index is 0.0497. The third-order valence-corrected chi connectivity index (χ3v) is 3.73. The van der Waals surface area contributed by atoms with Crippen LogP contribution in [0, 0.1) is 0 Å². The van der Waals surface area contributed by atoms with E-state index < -0.39 is 0 Å². The molecule has 4 heteroatoms. The summed E-state index contributed by atoms with van der Waals surface area (Å²) in [4.78, 5) is 11.7. The van der Waals surface area contributed by atoms with Crippen molar-refractivity contribution in [2.24, 2.45) is 0 Å². The Kier molecular flexibility index (Phi) is 5.01. The molecule has 1 unspecified atom stereocenters. The van der Waals surface area contributed by atoms with Crippen molar-refractivity contribution in [3.8, 4) is 0 Å². The summed E-state index contributed by atoms with van der Waals surface area (Å²) in [6, 6.07) is 11.9. The first-order chi connectivity index (χ1) is 9.60. The average Bonchev–Trinajstić information content (AvgIpc) is 2.43. The van der Waals surface area contributed by atoms with Crippen molar-refractivity contribution in [2.45, 2.75) is 32.9 Å². The Bertz CT molecular complexity index is 619. The van der Waals surface area contributed by atoms with Crippen molar-refractivity contribution in [3.63, 3.8) is 0 Å². The summed E-state index contributed by atoms with van der Waals surface area (Å²) in [6.07, 6.45) is 2.84. The highest BCUT2D eigenvalue weighted by Crippen LogP contribution is 2.20.